The van der Waals surface area contributed by atoms with E-state index in [1.807, 2.05) is 0 Å². The van der Waals surface area contributed by atoms with E-state index in [4.69, 9.17) is 11.6 Å². The van der Waals surface area contributed by atoms with Crippen LogP contribution in [0.3, 0.4) is 0 Å². The second kappa shape index (κ2) is 7.21. The Bertz CT molecular complexity index is 1300. The topological polar surface area (TPSA) is 34.9 Å². The Labute approximate surface area is 171 Å². The van der Waals surface area contributed by atoms with Crippen molar-refractivity contribution in [2.24, 2.45) is 0 Å². The molecule has 3 aromatic carbocycles. The third-order valence-corrected chi connectivity index (χ3v) is 4.83. The quantitative estimate of drug-likeness (QED) is 0.343. The second-order valence-corrected chi connectivity index (χ2v) is 6.75. The Morgan fingerprint density at radius 2 is 1.57 bits per heavy atom. The maximum Gasteiger partial charge on any atom is 0.417 e. The highest BCUT2D eigenvalue weighted by Crippen LogP contribution is 2.37. The van der Waals surface area contributed by atoms with Gasteiger partial charge in [0.2, 0.25) is 0 Å². The number of hydrogen-bond donors (Lipinski definition) is 0. The maximum absolute atomic E-state index is 14.6. The molecule has 0 amide bonds. The van der Waals surface area contributed by atoms with Crippen LogP contribution in [0.5, 0.6) is 0 Å². The van der Waals surface area contributed by atoms with E-state index in [0.717, 1.165) is 24.3 Å². The van der Waals surface area contributed by atoms with Gasteiger partial charge >= 0.3 is 6.18 Å². The molecule has 4 aromatic rings. The molecule has 0 fully saturated rings. The van der Waals surface area contributed by atoms with Crippen molar-refractivity contribution in [2.45, 2.75) is 6.18 Å². The van der Waals surface area contributed by atoms with Gasteiger partial charge in [-0.2, -0.15) is 23.0 Å². The van der Waals surface area contributed by atoms with Crippen LogP contribution in [0.15, 0.2) is 60.7 Å². The first-order valence-corrected chi connectivity index (χ1v) is 8.90. The zero-order valence-electron chi connectivity index (χ0n) is 14.8. The SMILES string of the molecule is O=C(c1c(Cl)cccc1C(F)(F)F)n1nc(-c2ccccc2F)c2c(F)cccc21. The van der Waals surface area contributed by atoms with Gasteiger partial charge in [0, 0.05) is 5.56 Å². The van der Waals surface area contributed by atoms with Crippen molar-refractivity contribution in [3.63, 3.8) is 0 Å². The van der Waals surface area contributed by atoms with Crippen molar-refractivity contribution >= 4 is 28.4 Å². The first-order chi connectivity index (χ1) is 14.2. The summed E-state index contributed by atoms with van der Waals surface area (Å²) >= 11 is 5.92. The summed E-state index contributed by atoms with van der Waals surface area (Å²) in [6, 6.07) is 11.9. The van der Waals surface area contributed by atoms with E-state index in [9.17, 15) is 26.7 Å². The van der Waals surface area contributed by atoms with Gasteiger partial charge in [-0.3, -0.25) is 4.79 Å². The summed E-state index contributed by atoms with van der Waals surface area (Å²) in [7, 11) is 0. The molecule has 0 radical (unpaired) electrons. The molecular formula is C21H10ClF5N2O. The fraction of sp³-hybridized carbons (Fsp3) is 0.0476. The van der Waals surface area contributed by atoms with Gasteiger partial charge in [0.05, 0.1) is 27.1 Å². The molecule has 4 rings (SSSR count). The third-order valence-electron chi connectivity index (χ3n) is 4.51. The fourth-order valence-corrected chi connectivity index (χ4v) is 3.46. The van der Waals surface area contributed by atoms with Gasteiger partial charge < -0.3 is 0 Å². The molecule has 1 aromatic heterocycles. The molecule has 0 saturated carbocycles. The smallest absolute Gasteiger partial charge is 0.267 e. The van der Waals surface area contributed by atoms with Crippen molar-refractivity contribution in [1.29, 1.82) is 0 Å². The number of carbonyl (C=O) groups excluding carboxylic acids is 1. The first-order valence-electron chi connectivity index (χ1n) is 8.52. The lowest BCUT2D eigenvalue weighted by Gasteiger charge is -2.13. The van der Waals surface area contributed by atoms with Crippen LogP contribution in [-0.2, 0) is 6.18 Å². The van der Waals surface area contributed by atoms with Gasteiger partial charge in [0.1, 0.15) is 17.3 Å². The molecule has 152 valence electrons. The lowest BCUT2D eigenvalue weighted by Crippen LogP contribution is -2.20. The highest BCUT2D eigenvalue weighted by atomic mass is 35.5. The fourth-order valence-electron chi connectivity index (χ4n) is 3.21. The Kier molecular flexibility index (Phi) is 4.82. The number of halogens is 6. The Morgan fingerprint density at radius 3 is 2.27 bits per heavy atom. The van der Waals surface area contributed by atoms with Crippen LogP contribution in [0.25, 0.3) is 22.2 Å². The Hall–Kier alpha value is -3.26. The van der Waals surface area contributed by atoms with E-state index in [1.165, 1.54) is 30.3 Å². The number of hydrogen-bond acceptors (Lipinski definition) is 2. The van der Waals surface area contributed by atoms with Crippen molar-refractivity contribution in [1.82, 2.24) is 9.78 Å². The van der Waals surface area contributed by atoms with Crippen LogP contribution >= 0.6 is 11.6 Å². The number of rotatable bonds is 2. The largest absolute Gasteiger partial charge is 0.417 e. The number of alkyl halides is 3. The average molecular weight is 437 g/mol. The molecule has 0 N–H and O–H groups in total. The monoisotopic (exact) mass is 436 g/mol. The molecule has 0 aliphatic rings. The molecule has 1 heterocycles. The van der Waals surface area contributed by atoms with E-state index in [2.05, 4.69) is 5.10 Å². The maximum atomic E-state index is 14.6. The minimum absolute atomic E-state index is 0.102. The molecule has 3 nitrogen and oxygen atoms in total. The van der Waals surface area contributed by atoms with Crippen molar-refractivity contribution in [3.8, 4) is 11.3 Å². The van der Waals surface area contributed by atoms with Crippen molar-refractivity contribution in [3.05, 3.63) is 88.4 Å². The van der Waals surface area contributed by atoms with E-state index < -0.39 is 39.9 Å². The molecule has 0 unspecified atom stereocenters. The van der Waals surface area contributed by atoms with Crippen molar-refractivity contribution < 1.29 is 26.7 Å². The molecule has 0 atom stereocenters. The number of aromatic nitrogens is 2. The summed E-state index contributed by atoms with van der Waals surface area (Å²) in [5.74, 6) is -2.75. The lowest BCUT2D eigenvalue weighted by molar-refractivity contribution is -0.137. The van der Waals surface area contributed by atoms with E-state index in [-0.39, 0.29) is 22.2 Å². The second-order valence-electron chi connectivity index (χ2n) is 6.34. The summed E-state index contributed by atoms with van der Waals surface area (Å²) in [5.41, 5.74) is -2.52. The Morgan fingerprint density at radius 1 is 0.900 bits per heavy atom. The van der Waals surface area contributed by atoms with Crippen LogP contribution < -0.4 is 0 Å². The minimum Gasteiger partial charge on any atom is -0.267 e. The van der Waals surface area contributed by atoms with Gasteiger partial charge in [0.15, 0.2) is 0 Å². The van der Waals surface area contributed by atoms with Gasteiger partial charge in [-0.25, -0.2) is 8.78 Å². The first kappa shape index (κ1) is 20.0. The molecule has 0 saturated heterocycles. The zero-order valence-corrected chi connectivity index (χ0v) is 15.6. The number of nitrogens with zero attached hydrogens (tertiary/aromatic N) is 2. The van der Waals surface area contributed by atoms with E-state index in [1.54, 1.807) is 0 Å². The number of benzene rings is 3. The number of carbonyl (C=O) groups is 1. The summed E-state index contributed by atoms with van der Waals surface area (Å²) in [6.07, 6.45) is -4.86. The summed E-state index contributed by atoms with van der Waals surface area (Å²) in [4.78, 5) is 13.1. The van der Waals surface area contributed by atoms with Crippen LogP contribution in [-0.4, -0.2) is 15.7 Å². The molecule has 0 aliphatic heterocycles. The van der Waals surface area contributed by atoms with Crippen LogP contribution in [0, 0.1) is 11.6 Å². The predicted molar refractivity (Wildman–Crippen MR) is 101 cm³/mol. The molecule has 9 heteroatoms. The van der Waals surface area contributed by atoms with Crippen LogP contribution in [0.1, 0.15) is 15.9 Å². The van der Waals surface area contributed by atoms with Gasteiger partial charge in [-0.15, -0.1) is 0 Å². The highest BCUT2D eigenvalue weighted by molar-refractivity contribution is 6.34. The zero-order chi connectivity index (χ0) is 21.6. The summed E-state index contributed by atoms with van der Waals surface area (Å²) in [6.45, 7) is 0. The van der Waals surface area contributed by atoms with Crippen molar-refractivity contribution in [2.75, 3.05) is 0 Å². The lowest BCUT2D eigenvalue weighted by atomic mass is 10.1. The highest BCUT2D eigenvalue weighted by Gasteiger charge is 2.37. The summed E-state index contributed by atoms with van der Waals surface area (Å²) in [5, 5.41) is 3.34. The standard InChI is InChI=1S/C21H10ClF5N2O/c22-13-7-3-6-12(21(25,26)27)17(13)20(30)29-16-10-4-9-15(24)18(16)19(28-29)11-5-1-2-8-14(11)23/h1-10H. The molecular weight excluding hydrogens is 427 g/mol. The molecule has 30 heavy (non-hydrogen) atoms. The number of fused-ring (bicyclic) bond motifs is 1. The van der Waals surface area contributed by atoms with Gasteiger partial charge in [-0.05, 0) is 36.4 Å². The van der Waals surface area contributed by atoms with E-state index >= 15 is 0 Å². The van der Waals surface area contributed by atoms with Crippen LogP contribution in [0.2, 0.25) is 5.02 Å². The molecule has 0 aliphatic carbocycles. The molecule has 0 spiro atoms. The summed E-state index contributed by atoms with van der Waals surface area (Å²) < 4.78 is 69.9. The normalized spacial score (nSPS) is 11.8. The Balaban J connectivity index is 2.02. The predicted octanol–water partition coefficient (Wildman–Crippen LogP) is 6.34. The molecule has 0 bridgehead atoms. The van der Waals surface area contributed by atoms with E-state index in [0.29, 0.717) is 10.7 Å². The average Bonchev–Trinajstić information content (AvgIpc) is 3.08. The van der Waals surface area contributed by atoms with Gasteiger partial charge in [0.25, 0.3) is 5.91 Å². The minimum atomic E-state index is -4.86. The van der Waals surface area contributed by atoms with Crippen LogP contribution in [0.4, 0.5) is 22.0 Å². The van der Waals surface area contributed by atoms with Gasteiger partial charge in [-0.1, -0.05) is 35.9 Å². The third kappa shape index (κ3) is 3.23.